The zero-order valence-electron chi connectivity index (χ0n) is 13.6. The highest BCUT2D eigenvalue weighted by atomic mass is 32.2. The van der Waals surface area contributed by atoms with Gasteiger partial charge in [-0.1, -0.05) is 23.1 Å². The van der Waals surface area contributed by atoms with Crippen molar-refractivity contribution in [1.82, 2.24) is 10.2 Å². The Bertz CT molecular complexity index is 725. The number of hydrogen-bond donors (Lipinski definition) is 2. The molecule has 2 aromatic rings. The molecule has 0 radical (unpaired) electrons. The summed E-state index contributed by atoms with van der Waals surface area (Å²) in [4.78, 5) is 12.1. The second-order valence-electron chi connectivity index (χ2n) is 4.99. The highest BCUT2D eigenvalue weighted by molar-refractivity contribution is 8.01. The number of anilines is 2. The van der Waals surface area contributed by atoms with Crippen molar-refractivity contribution < 1.29 is 19.0 Å². The van der Waals surface area contributed by atoms with Crippen molar-refractivity contribution in [2.45, 2.75) is 4.34 Å². The summed E-state index contributed by atoms with van der Waals surface area (Å²) >= 11 is 2.75. The Kier molecular flexibility index (Phi) is 6.31. The molecule has 0 atom stereocenters. The normalized spacial score (nSPS) is 12.7. The highest BCUT2D eigenvalue weighted by Crippen LogP contribution is 2.32. The van der Waals surface area contributed by atoms with Gasteiger partial charge in [0.15, 0.2) is 15.8 Å². The van der Waals surface area contributed by atoms with Crippen molar-refractivity contribution in [3.8, 4) is 11.5 Å². The van der Waals surface area contributed by atoms with Crippen LogP contribution in [-0.2, 0) is 9.53 Å². The van der Waals surface area contributed by atoms with Crippen molar-refractivity contribution in [1.29, 1.82) is 0 Å². The second-order valence-corrected chi connectivity index (χ2v) is 7.19. The number of nitrogens with zero attached hydrogens (tertiary/aromatic N) is 2. The van der Waals surface area contributed by atoms with Crippen molar-refractivity contribution in [2.24, 2.45) is 0 Å². The average molecular weight is 382 g/mol. The molecule has 134 valence electrons. The van der Waals surface area contributed by atoms with Crippen LogP contribution in [0.5, 0.6) is 11.5 Å². The van der Waals surface area contributed by atoms with Gasteiger partial charge in [0.1, 0.15) is 13.2 Å². The van der Waals surface area contributed by atoms with Crippen molar-refractivity contribution >= 4 is 39.8 Å². The number of amides is 1. The Morgan fingerprint density at radius 3 is 3.00 bits per heavy atom. The maximum Gasteiger partial charge on any atom is 0.234 e. The van der Waals surface area contributed by atoms with Crippen LogP contribution in [0.4, 0.5) is 10.8 Å². The van der Waals surface area contributed by atoms with Gasteiger partial charge in [-0.25, -0.2) is 0 Å². The third-order valence-electron chi connectivity index (χ3n) is 3.14. The largest absolute Gasteiger partial charge is 0.486 e. The van der Waals surface area contributed by atoms with Crippen molar-refractivity contribution in [2.75, 3.05) is 49.9 Å². The fraction of sp³-hybridized carbons (Fsp3) is 0.400. The predicted molar refractivity (Wildman–Crippen MR) is 97.1 cm³/mol. The van der Waals surface area contributed by atoms with Gasteiger partial charge in [0.2, 0.25) is 11.0 Å². The van der Waals surface area contributed by atoms with Gasteiger partial charge in [-0.15, -0.1) is 10.2 Å². The summed E-state index contributed by atoms with van der Waals surface area (Å²) in [5, 5.41) is 14.7. The smallest absolute Gasteiger partial charge is 0.234 e. The van der Waals surface area contributed by atoms with E-state index in [4.69, 9.17) is 14.2 Å². The molecule has 2 heterocycles. The van der Waals surface area contributed by atoms with Gasteiger partial charge in [-0.3, -0.25) is 4.79 Å². The summed E-state index contributed by atoms with van der Waals surface area (Å²) in [5.74, 6) is 1.47. The maximum atomic E-state index is 12.1. The van der Waals surface area contributed by atoms with Crippen LogP contribution in [0.15, 0.2) is 22.5 Å². The molecule has 1 amide bonds. The van der Waals surface area contributed by atoms with Crippen LogP contribution in [0, 0.1) is 0 Å². The lowest BCUT2D eigenvalue weighted by Gasteiger charge is -2.18. The molecule has 25 heavy (non-hydrogen) atoms. The van der Waals surface area contributed by atoms with E-state index in [-0.39, 0.29) is 11.7 Å². The molecule has 0 saturated heterocycles. The van der Waals surface area contributed by atoms with Gasteiger partial charge < -0.3 is 24.8 Å². The van der Waals surface area contributed by atoms with Crippen LogP contribution in [0.1, 0.15) is 0 Å². The first-order chi connectivity index (χ1) is 12.2. The standard InChI is InChI=1S/C15H18N4O4S2/c1-21-5-4-16-14-18-19-15(25-14)24-9-13(20)17-10-2-3-11-12(8-10)23-7-6-22-11/h2-3,8H,4-7,9H2,1H3,(H,16,18)(H,17,20). The van der Waals surface area contributed by atoms with Crippen LogP contribution in [0.25, 0.3) is 0 Å². The number of fused-ring (bicyclic) bond motifs is 1. The zero-order valence-corrected chi connectivity index (χ0v) is 15.2. The minimum atomic E-state index is -0.120. The molecule has 0 saturated carbocycles. The van der Waals surface area contributed by atoms with Crippen molar-refractivity contribution in [3.63, 3.8) is 0 Å². The monoisotopic (exact) mass is 382 g/mol. The SMILES string of the molecule is COCCNc1nnc(SCC(=O)Nc2ccc3c(c2)OCCO3)s1. The van der Waals surface area contributed by atoms with E-state index in [0.29, 0.717) is 48.7 Å². The van der Waals surface area contributed by atoms with Gasteiger partial charge in [0.25, 0.3) is 0 Å². The van der Waals surface area contributed by atoms with Crippen molar-refractivity contribution in [3.05, 3.63) is 18.2 Å². The number of hydrogen-bond acceptors (Lipinski definition) is 9. The molecule has 0 bridgehead atoms. The average Bonchev–Trinajstić information content (AvgIpc) is 3.08. The Labute approximate surface area is 153 Å². The number of rotatable bonds is 8. The first-order valence-electron chi connectivity index (χ1n) is 7.63. The van der Waals surface area contributed by atoms with Crippen LogP contribution in [0.2, 0.25) is 0 Å². The molecule has 0 fully saturated rings. The molecular formula is C15H18N4O4S2. The molecule has 1 aromatic carbocycles. The molecular weight excluding hydrogens is 364 g/mol. The lowest BCUT2D eigenvalue weighted by atomic mass is 10.2. The number of methoxy groups -OCH3 is 1. The minimum Gasteiger partial charge on any atom is -0.486 e. The molecule has 1 aliphatic heterocycles. The summed E-state index contributed by atoms with van der Waals surface area (Å²) in [7, 11) is 1.64. The van der Waals surface area contributed by atoms with E-state index in [2.05, 4.69) is 20.8 Å². The number of carbonyl (C=O) groups is 1. The van der Waals surface area contributed by atoms with Gasteiger partial charge in [-0.05, 0) is 12.1 Å². The summed E-state index contributed by atoms with van der Waals surface area (Å²) in [6.45, 7) is 2.32. The third kappa shape index (κ3) is 5.21. The fourth-order valence-electron chi connectivity index (χ4n) is 2.05. The number of aromatic nitrogens is 2. The number of thioether (sulfide) groups is 1. The fourth-order valence-corrected chi connectivity index (χ4v) is 3.62. The number of nitrogens with one attached hydrogen (secondary N) is 2. The van der Waals surface area contributed by atoms with Gasteiger partial charge >= 0.3 is 0 Å². The molecule has 1 aromatic heterocycles. The van der Waals surface area contributed by atoms with E-state index in [0.717, 1.165) is 4.34 Å². The van der Waals surface area contributed by atoms with Crippen LogP contribution < -0.4 is 20.1 Å². The molecule has 0 unspecified atom stereocenters. The molecule has 2 N–H and O–H groups in total. The predicted octanol–water partition coefficient (Wildman–Crippen LogP) is 2.10. The van der Waals surface area contributed by atoms with Gasteiger partial charge in [-0.2, -0.15) is 0 Å². The Hall–Kier alpha value is -2.04. The van der Waals surface area contributed by atoms with Crippen LogP contribution >= 0.6 is 23.1 Å². The Morgan fingerprint density at radius 1 is 1.32 bits per heavy atom. The summed E-state index contributed by atoms with van der Waals surface area (Å²) in [5.41, 5.74) is 0.675. The van der Waals surface area contributed by atoms with Crippen LogP contribution in [-0.4, -0.2) is 55.3 Å². The number of carbonyl (C=O) groups excluding carboxylic acids is 1. The Balaban J connectivity index is 1.46. The number of benzene rings is 1. The molecule has 3 rings (SSSR count). The lowest BCUT2D eigenvalue weighted by molar-refractivity contribution is -0.113. The van der Waals surface area contributed by atoms with E-state index < -0.39 is 0 Å². The van der Waals surface area contributed by atoms with Crippen LogP contribution in [0.3, 0.4) is 0 Å². The molecule has 0 aliphatic carbocycles. The summed E-state index contributed by atoms with van der Waals surface area (Å²) in [6, 6.07) is 5.35. The molecule has 1 aliphatic rings. The molecule has 8 nitrogen and oxygen atoms in total. The third-order valence-corrected chi connectivity index (χ3v) is 5.16. The van der Waals surface area contributed by atoms with E-state index in [1.807, 2.05) is 0 Å². The van der Waals surface area contributed by atoms with Gasteiger partial charge in [0, 0.05) is 25.4 Å². The first kappa shape index (κ1) is 17.8. The van der Waals surface area contributed by atoms with E-state index >= 15 is 0 Å². The second kappa shape index (κ2) is 8.88. The summed E-state index contributed by atoms with van der Waals surface area (Å²) in [6.07, 6.45) is 0. The van der Waals surface area contributed by atoms with E-state index in [1.54, 1.807) is 25.3 Å². The quantitative estimate of drug-likeness (QED) is 0.529. The van der Waals surface area contributed by atoms with E-state index in [1.165, 1.54) is 23.1 Å². The minimum absolute atomic E-state index is 0.120. The maximum absolute atomic E-state index is 12.1. The number of ether oxygens (including phenoxy) is 3. The lowest BCUT2D eigenvalue weighted by Crippen LogP contribution is -2.17. The van der Waals surface area contributed by atoms with Gasteiger partial charge in [0.05, 0.1) is 12.4 Å². The molecule has 0 spiro atoms. The highest BCUT2D eigenvalue weighted by Gasteiger charge is 2.13. The Morgan fingerprint density at radius 2 is 2.16 bits per heavy atom. The van der Waals surface area contributed by atoms with E-state index in [9.17, 15) is 4.79 Å². The first-order valence-corrected chi connectivity index (χ1v) is 9.43. The topological polar surface area (TPSA) is 94.6 Å². The zero-order chi connectivity index (χ0) is 17.5. The molecule has 10 heteroatoms. The summed E-state index contributed by atoms with van der Waals surface area (Å²) < 4.78 is 16.7.